The van der Waals surface area contributed by atoms with Gasteiger partial charge in [0.25, 0.3) is 0 Å². The van der Waals surface area contributed by atoms with Crippen molar-refractivity contribution in [1.82, 2.24) is 10.3 Å². The van der Waals surface area contributed by atoms with E-state index in [1.807, 2.05) is 30.3 Å². The summed E-state index contributed by atoms with van der Waals surface area (Å²) in [6.45, 7) is 0.406. The molecule has 1 fully saturated rings. The van der Waals surface area contributed by atoms with Crippen molar-refractivity contribution in [2.75, 3.05) is 18.6 Å². The fourth-order valence-corrected chi connectivity index (χ4v) is 4.74. The largest absolute Gasteiger partial charge is 0.497 e. The van der Waals surface area contributed by atoms with Crippen LogP contribution in [0.1, 0.15) is 36.6 Å². The van der Waals surface area contributed by atoms with E-state index < -0.39 is 0 Å². The molecule has 5 rings (SSSR count). The van der Waals surface area contributed by atoms with E-state index in [-0.39, 0.29) is 30.2 Å². The zero-order valence-electron chi connectivity index (χ0n) is 17.0. The number of hydrogen-bond acceptors (Lipinski definition) is 3. The van der Waals surface area contributed by atoms with Crippen molar-refractivity contribution in [2.45, 2.75) is 31.7 Å². The lowest BCUT2D eigenvalue weighted by Gasteiger charge is -2.25. The number of nitrogens with one attached hydrogen (secondary N) is 2. The number of ether oxygens (including phenoxy) is 1. The van der Waals surface area contributed by atoms with Gasteiger partial charge in [0.1, 0.15) is 5.75 Å². The van der Waals surface area contributed by atoms with Gasteiger partial charge in [0.15, 0.2) is 0 Å². The summed E-state index contributed by atoms with van der Waals surface area (Å²) in [5, 5.41) is 4.46. The summed E-state index contributed by atoms with van der Waals surface area (Å²) in [4.78, 5) is 30.8. The number of amides is 2. The van der Waals surface area contributed by atoms with Gasteiger partial charge in [-0.1, -0.05) is 18.2 Å². The molecule has 1 aliphatic carbocycles. The Kier molecular flexibility index (Phi) is 4.69. The molecule has 30 heavy (non-hydrogen) atoms. The van der Waals surface area contributed by atoms with E-state index in [0.29, 0.717) is 6.54 Å². The zero-order valence-corrected chi connectivity index (χ0v) is 17.0. The number of para-hydroxylation sites is 1. The van der Waals surface area contributed by atoms with Gasteiger partial charge in [0.2, 0.25) is 11.8 Å². The van der Waals surface area contributed by atoms with Gasteiger partial charge in [-0.2, -0.15) is 0 Å². The molecule has 1 saturated heterocycles. The summed E-state index contributed by atoms with van der Waals surface area (Å²) in [5.74, 6) is 0.339. The average Bonchev–Trinajstić information content (AvgIpc) is 3.35. The maximum absolute atomic E-state index is 13.0. The summed E-state index contributed by atoms with van der Waals surface area (Å²) in [7, 11) is 1.61. The molecule has 0 bridgehead atoms. The molecule has 6 heteroatoms. The first kappa shape index (κ1) is 18.7. The number of rotatable bonds is 4. The van der Waals surface area contributed by atoms with E-state index in [0.717, 1.165) is 41.9 Å². The Labute approximate surface area is 175 Å². The van der Waals surface area contributed by atoms with Crippen molar-refractivity contribution in [3.63, 3.8) is 0 Å². The molecule has 0 unspecified atom stereocenters. The quantitative estimate of drug-likeness (QED) is 0.697. The van der Waals surface area contributed by atoms with E-state index in [9.17, 15) is 9.59 Å². The molecule has 2 amide bonds. The molecule has 0 saturated carbocycles. The van der Waals surface area contributed by atoms with Gasteiger partial charge in [-0.25, -0.2) is 0 Å². The Balaban J connectivity index is 1.31. The van der Waals surface area contributed by atoms with Crippen molar-refractivity contribution >= 4 is 28.4 Å². The zero-order chi connectivity index (χ0) is 20.7. The van der Waals surface area contributed by atoms with Crippen molar-refractivity contribution < 1.29 is 14.3 Å². The maximum Gasteiger partial charge on any atom is 0.227 e. The van der Waals surface area contributed by atoms with Crippen LogP contribution in [0.25, 0.3) is 10.9 Å². The van der Waals surface area contributed by atoms with Crippen LogP contribution in [-0.4, -0.2) is 30.5 Å². The van der Waals surface area contributed by atoms with Crippen LogP contribution in [0, 0.1) is 5.92 Å². The highest BCUT2D eigenvalue weighted by atomic mass is 16.5. The fraction of sp³-hybridized carbons (Fsp3) is 0.333. The molecule has 6 nitrogen and oxygen atoms in total. The lowest BCUT2D eigenvalue weighted by Crippen LogP contribution is -2.37. The summed E-state index contributed by atoms with van der Waals surface area (Å²) < 4.78 is 5.18. The standard InChI is InChI=1S/C24H25N3O3/c1-30-17-11-9-16(10-12-17)27-14-15(13-22(27)28)24(29)26-21-8-4-6-19-18-5-2-3-7-20(18)25-23(19)21/h2-3,5,7,9-12,15,21,25H,4,6,8,13-14H2,1H3,(H,26,29)/t15-,21-/m0/s1. The Bertz CT molecular complexity index is 1100. The summed E-state index contributed by atoms with van der Waals surface area (Å²) in [5.41, 5.74) is 4.34. The SMILES string of the molecule is COc1ccc(N2C[C@@H](C(=O)N[C@H]3CCCc4c3[nH]c3ccccc43)CC2=O)cc1. The summed E-state index contributed by atoms with van der Waals surface area (Å²) >= 11 is 0. The van der Waals surface area contributed by atoms with Gasteiger partial charge in [0.05, 0.1) is 19.1 Å². The molecule has 154 valence electrons. The minimum absolute atomic E-state index is 0.0183. The predicted octanol–water partition coefficient (Wildman–Crippen LogP) is 3.72. The highest BCUT2D eigenvalue weighted by Crippen LogP contribution is 2.35. The van der Waals surface area contributed by atoms with Crippen LogP contribution in [-0.2, 0) is 16.0 Å². The number of H-pyrrole nitrogens is 1. The van der Waals surface area contributed by atoms with Crippen LogP contribution in [0.2, 0.25) is 0 Å². The van der Waals surface area contributed by atoms with Gasteiger partial charge >= 0.3 is 0 Å². The second kappa shape index (κ2) is 7.52. The Morgan fingerprint density at radius 3 is 2.77 bits per heavy atom. The molecule has 2 atom stereocenters. The van der Waals surface area contributed by atoms with E-state index in [4.69, 9.17) is 4.74 Å². The minimum Gasteiger partial charge on any atom is -0.497 e. The van der Waals surface area contributed by atoms with Gasteiger partial charge in [0, 0.05) is 35.2 Å². The Hall–Kier alpha value is -3.28. The number of fused-ring (bicyclic) bond motifs is 3. The van der Waals surface area contributed by atoms with Crippen LogP contribution < -0.4 is 15.0 Å². The van der Waals surface area contributed by atoms with Crippen molar-refractivity contribution in [3.8, 4) is 5.75 Å². The lowest BCUT2D eigenvalue weighted by atomic mass is 9.91. The number of anilines is 1. The molecule has 2 N–H and O–H groups in total. The van der Waals surface area contributed by atoms with Crippen LogP contribution in [0.5, 0.6) is 5.75 Å². The van der Waals surface area contributed by atoms with Gasteiger partial charge in [-0.3, -0.25) is 9.59 Å². The molecule has 0 spiro atoms. The average molecular weight is 403 g/mol. The number of aryl methyl sites for hydroxylation is 1. The number of methoxy groups -OCH3 is 1. The smallest absolute Gasteiger partial charge is 0.227 e. The topological polar surface area (TPSA) is 74.4 Å². The normalized spacial score (nSPS) is 21.0. The number of nitrogens with zero attached hydrogens (tertiary/aromatic N) is 1. The molecule has 1 aromatic heterocycles. The maximum atomic E-state index is 13.0. The molecule has 2 aliphatic rings. The number of aromatic nitrogens is 1. The van der Waals surface area contributed by atoms with Crippen LogP contribution in [0.15, 0.2) is 48.5 Å². The third-order valence-electron chi connectivity index (χ3n) is 6.31. The van der Waals surface area contributed by atoms with Crippen LogP contribution in [0.3, 0.4) is 0 Å². The highest BCUT2D eigenvalue weighted by Gasteiger charge is 2.36. The molecular formula is C24H25N3O3. The van der Waals surface area contributed by atoms with Gasteiger partial charge < -0.3 is 19.9 Å². The summed E-state index contributed by atoms with van der Waals surface area (Å²) in [6, 6.07) is 15.6. The van der Waals surface area contributed by atoms with Crippen LogP contribution >= 0.6 is 0 Å². The third-order valence-corrected chi connectivity index (χ3v) is 6.31. The highest BCUT2D eigenvalue weighted by molar-refractivity contribution is 6.00. The van der Waals surface area contributed by atoms with Gasteiger partial charge in [-0.05, 0) is 55.2 Å². The summed E-state index contributed by atoms with van der Waals surface area (Å²) in [6.07, 6.45) is 3.22. The van der Waals surface area contributed by atoms with Crippen LogP contribution in [0.4, 0.5) is 5.69 Å². The molecular weight excluding hydrogens is 378 g/mol. The molecule has 0 radical (unpaired) electrons. The fourth-order valence-electron chi connectivity index (χ4n) is 4.74. The number of aromatic amines is 1. The first-order valence-corrected chi connectivity index (χ1v) is 10.5. The number of benzene rings is 2. The van der Waals surface area contributed by atoms with Crippen molar-refractivity contribution in [2.24, 2.45) is 5.92 Å². The molecule has 2 heterocycles. The first-order chi connectivity index (χ1) is 14.6. The Morgan fingerprint density at radius 1 is 1.17 bits per heavy atom. The number of hydrogen-bond donors (Lipinski definition) is 2. The van der Waals surface area contributed by atoms with Crippen molar-refractivity contribution in [3.05, 3.63) is 59.8 Å². The molecule has 2 aromatic carbocycles. The van der Waals surface area contributed by atoms with Gasteiger partial charge in [-0.15, -0.1) is 0 Å². The second-order valence-corrected chi connectivity index (χ2v) is 8.12. The molecule has 3 aromatic rings. The monoisotopic (exact) mass is 403 g/mol. The third kappa shape index (κ3) is 3.22. The first-order valence-electron chi connectivity index (χ1n) is 10.5. The van der Waals surface area contributed by atoms with E-state index in [1.54, 1.807) is 12.0 Å². The Morgan fingerprint density at radius 2 is 1.97 bits per heavy atom. The number of carbonyl (C=O) groups is 2. The van der Waals surface area contributed by atoms with E-state index >= 15 is 0 Å². The predicted molar refractivity (Wildman–Crippen MR) is 116 cm³/mol. The van der Waals surface area contributed by atoms with Crippen molar-refractivity contribution in [1.29, 1.82) is 0 Å². The molecule has 1 aliphatic heterocycles. The van der Waals surface area contributed by atoms with E-state index in [2.05, 4.69) is 28.5 Å². The minimum atomic E-state index is -0.339. The number of carbonyl (C=O) groups excluding carboxylic acids is 2. The van der Waals surface area contributed by atoms with E-state index in [1.165, 1.54) is 10.9 Å². The lowest BCUT2D eigenvalue weighted by molar-refractivity contribution is -0.127. The second-order valence-electron chi connectivity index (χ2n) is 8.12.